The summed E-state index contributed by atoms with van der Waals surface area (Å²) in [5.74, 6) is 1.68. The molecule has 0 unspecified atom stereocenters. The molecule has 0 saturated heterocycles. The van der Waals surface area contributed by atoms with Crippen molar-refractivity contribution < 1.29 is 14.3 Å². The number of hydrogen-bond acceptors (Lipinski definition) is 6. The third-order valence-corrected chi connectivity index (χ3v) is 5.80. The number of thioether (sulfide) groups is 1. The fourth-order valence-electron chi connectivity index (χ4n) is 3.24. The van der Waals surface area contributed by atoms with Gasteiger partial charge in [0.15, 0.2) is 28.1 Å². The minimum Gasteiger partial charge on any atom is -0.454 e. The first-order valence-corrected chi connectivity index (χ1v) is 9.96. The van der Waals surface area contributed by atoms with E-state index in [0.29, 0.717) is 21.5 Å². The van der Waals surface area contributed by atoms with Crippen molar-refractivity contribution in [2.24, 2.45) is 0 Å². The van der Waals surface area contributed by atoms with Gasteiger partial charge in [-0.25, -0.2) is 0 Å². The summed E-state index contributed by atoms with van der Waals surface area (Å²) in [6, 6.07) is 12.8. The van der Waals surface area contributed by atoms with E-state index in [4.69, 9.17) is 21.1 Å². The fourth-order valence-corrected chi connectivity index (χ4v) is 4.20. The number of Topliss-reactive ketones (excluding diaryl/α,β-unsaturated/α-hetero) is 1. The molecular formula is C20H14ClN3O3S. The number of hydrogen-bond donors (Lipinski definition) is 0. The van der Waals surface area contributed by atoms with E-state index in [-0.39, 0.29) is 18.3 Å². The summed E-state index contributed by atoms with van der Waals surface area (Å²) < 4.78 is 13.0. The van der Waals surface area contributed by atoms with Crippen LogP contribution in [0.1, 0.15) is 15.9 Å². The van der Waals surface area contributed by atoms with Crippen LogP contribution >= 0.6 is 23.4 Å². The summed E-state index contributed by atoms with van der Waals surface area (Å²) >= 11 is 7.25. The Balaban J connectivity index is 1.53. The molecule has 0 radical (unpaired) electrons. The van der Waals surface area contributed by atoms with Gasteiger partial charge in [0.05, 0.1) is 11.3 Å². The molecule has 2 aromatic carbocycles. The maximum absolute atomic E-state index is 12.5. The second-order valence-corrected chi connectivity index (χ2v) is 7.83. The molecule has 0 saturated carbocycles. The maximum atomic E-state index is 12.5. The normalized spacial score (nSPS) is 12.8. The molecule has 8 heteroatoms. The molecule has 28 heavy (non-hydrogen) atoms. The van der Waals surface area contributed by atoms with E-state index in [1.165, 1.54) is 11.8 Å². The van der Waals surface area contributed by atoms with Crippen LogP contribution in [0.2, 0.25) is 5.02 Å². The Morgan fingerprint density at radius 2 is 1.89 bits per heavy atom. The van der Waals surface area contributed by atoms with E-state index < -0.39 is 0 Å². The minimum absolute atomic E-state index is 0.00741. The minimum atomic E-state index is 0.00741. The molecule has 0 atom stereocenters. The van der Waals surface area contributed by atoms with Crippen molar-refractivity contribution in [1.29, 1.82) is 0 Å². The number of benzene rings is 2. The standard InChI is InChI=1S/C20H14ClN3O3S/c1-11-6-13-7-17-18(27-10-26-17)8-15(13)24-19(11)22-23-20(24)28-9-16(25)12-2-4-14(21)5-3-12/h2-8H,9-10H2,1H3. The van der Waals surface area contributed by atoms with Gasteiger partial charge >= 0.3 is 0 Å². The Morgan fingerprint density at radius 3 is 2.68 bits per heavy atom. The summed E-state index contributed by atoms with van der Waals surface area (Å²) in [5, 5.41) is 10.9. The van der Waals surface area contributed by atoms with Crippen LogP contribution in [0.3, 0.4) is 0 Å². The van der Waals surface area contributed by atoms with Crippen molar-refractivity contribution >= 4 is 45.7 Å². The number of aromatic nitrogens is 3. The Hall–Kier alpha value is -2.77. The molecule has 3 heterocycles. The highest BCUT2D eigenvalue weighted by Gasteiger charge is 2.19. The Morgan fingerprint density at radius 1 is 1.14 bits per heavy atom. The van der Waals surface area contributed by atoms with Crippen LogP contribution in [0.4, 0.5) is 0 Å². The third-order valence-electron chi connectivity index (χ3n) is 4.62. The average Bonchev–Trinajstić information content (AvgIpc) is 3.32. The SMILES string of the molecule is Cc1cc2cc3c(cc2n2c(SCC(=O)c4ccc(Cl)cc4)nnc12)OCO3. The van der Waals surface area contributed by atoms with Crippen molar-refractivity contribution in [3.8, 4) is 11.5 Å². The van der Waals surface area contributed by atoms with Gasteiger partial charge < -0.3 is 9.47 Å². The monoisotopic (exact) mass is 411 g/mol. The molecule has 5 rings (SSSR count). The molecule has 0 spiro atoms. The van der Waals surface area contributed by atoms with Crippen LogP contribution in [-0.2, 0) is 0 Å². The lowest BCUT2D eigenvalue weighted by molar-refractivity contribution is 0.102. The molecule has 1 aliphatic heterocycles. The molecule has 0 bridgehead atoms. The summed E-state index contributed by atoms with van der Waals surface area (Å²) in [6.07, 6.45) is 0. The lowest BCUT2D eigenvalue weighted by atomic mass is 10.1. The van der Waals surface area contributed by atoms with E-state index in [2.05, 4.69) is 16.3 Å². The first kappa shape index (κ1) is 17.3. The van der Waals surface area contributed by atoms with E-state index >= 15 is 0 Å². The predicted octanol–water partition coefficient (Wildman–Crippen LogP) is 4.55. The second-order valence-electron chi connectivity index (χ2n) is 6.45. The highest BCUT2D eigenvalue weighted by Crippen LogP contribution is 2.37. The molecule has 0 aliphatic carbocycles. The quantitative estimate of drug-likeness (QED) is 0.362. The number of pyridine rings is 1. The molecule has 0 N–H and O–H groups in total. The Bertz CT molecular complexity index is 1240. The zero-order chi connectivity index (χ0) is 19.3. The molecule has 140 valence electrons. The maximum Gasteiger partial charge on any atom is 0.231 e. The zero-order valence-corrected chi connectivity index (χ0v) is 16.4. The second kappa shape index (κ2) is 6.68. The van der Waals surface area contributed by atoms with Gasteiger partial charge in [0.2, 0.25) is 6.79 Å². The number of carbonyl (C=O) groups is 1. The third kappa shape index (κ3) is 2.87. The van der Waals surface area contributed by atoms with E-state index in [0.717, 1.165) is 27.9 Å². The van der Waals surface area contributed by atoms with Crippen molar-refractivity contribution in [3.63, 3.8) is 0 Å². The van der Waals surface area contributed by atoms with Gasteiger partial charge in [-0.3, -0.25) is 9.20 Å². The summed E-state index contributed by atoms with van der Waals surface area (Å²) in [4.78, 5) is 12.5. The van der Waals surface area contributed by atoms with E-state index in [1.807, 2.05) is 23.5 Å². The molecule has 0 fully saturated rings. The van der Waals surface area contributed by atoms with Crippen LogP contribution in [0, 0.1) is 6.92 Å². The van der Waals surface area contributed by atoms with Crippen LogP contribution in [-0.4, -0.2) is 32.9 Å². The summed E-state index contributed by atoms with van der Waals surface area (Å²) in [7, 11) is 0. The highest BCUT2D eigenvalue weighted by molar-refractivity contribution is 7.99. The number of ketones is 1. The Labute approximate surface area is 169 Å². The van der Waals surface area contributed by atoms with Gasteiger partial charge in [0, 0.05) is 22.0 Å². The number of carbonyl (C=O) groups excluding carboxylic acids is 1. The number of aryl methyl sites for hydroxylation is 1. The molecular weight excluding hydrogens is 398 g/mol. The lowest BCUT2D eigenvalue weighted by Gasteiger charge is -2.08. The first-order valence-electron chi connectivity index (χ1n) is 8.60. The van der Waals surface area contributed by atoms with Crippen molar-refractivity contribution in [2.45, 2.75) is 12.1 Å². The molecule has 4 aromatic rings. The summed E-state index contributed by atoms with van der Waals surface area (Å²) in [6.45, 7) is 2.20. The molecule has 0 amide bonds. The topological polar surface area (TPSA) is 65.7 Å². The highest BCUT2D eigenvalue weighted by atomic mass is 35.5. The van der Waals surface area contributed by atoms with Gasteiger partial charge in [-0.1, -0.05) is 23.4 Å². The first-order chi connectivity index (χ1) is 13.6. The largest absolute Gasteiger partial charge is 0.454 e. The van der Waals surface area contributed by atoms with Gasteiger partial charge in [-0.15, -0.1) is 10.2 Å². The molecule has 6 nitrogen and oxygen atoms in total. The smallest absolute Gasteiger partial charge is 0.231 e. The summed E-state index contributed by atoms with van der Waals surface area (Å²) in [5.41, 5.74) is 3.29. The predicted molar refractivity (Wildman–Crippen MR) is 108 cm³/mol. The van der Waals surface area contributed by atoms with Gasteiger partial charge in [-0.05, 0) is 48.9 Å². The van der Waals surface area contributed by atoms with Gasteiger partial charge in [0.25, 0.3) is 0 Å². The number of halogens is 1. The van der Waals surface area contributed by atoms with Gasteiger partial charge in [0.1, 0.15) is 0 Å². The lowest BCUT2D eigenvalue weighted by Crippen LogP contribution is -2.03. The molecule has 1 aliphatic rings. The van der Waals surface area contributed by atoms with Crippen LogP contribution < -0.4 is 9.47 Å². The van der Waals surface area contributed by atoms with Crippen molar-refractivity contribution in [2.75, 3.05) is 12.5 Å². The number of ether oxygens (including phenoxy) is 2. The Kier molecular flexibility index (Phi) is 4.14. The van der Waals surface area contributed by atoms with Crippen molar-refractivity contribution in [3.05, 3.63) is 58.6 Å². The number of fused-ring (bicyclic) bond motifs is 4. The number of rotatable bonds is 4. The van der Waals surface area contributed by atoms with E-state index in [1.54, 1.807) is 24.3 Å². The fraction of sp³-hybridized carbons (Fsp3) is 0.150. The van der Waals surface area contributed by atoms with Gasteiger partial charge in [-0.2, -0.15) is 0 Å². The zero-order valence-electron chi connectivity index (χ0n) is 14.8. The van der Waals surface area contributed by atoms with Crippen molar-refractivity contribution in [1.82, 2.24) is 14.6 Å². The van der Waals surface area contributed by atoms with Crippen LogP contribution in [0.5, 0.6) is 11.5 Å². The number of nitrogens with zero attached hydrogens (tertiary/aromatic N) is 3. The van der Waals surface area contributed by atoms with E-state index in [9.17, 15) is 4.79 Å². The van der Waals surface area contributed by atoms with Crippen LogP contribution in [0.15, 0.2) is 47.6 Å². The van der Waals surface area contributed by atoms with Crippen LogP contribution in [0.25, 0.3) is 16.6 Å². The average molecular weight is 412 g/mol. The molecule has 2 aromatic heterocycles.